The average molecular weight is 290 g/mol. The molecule has 0 radical (unpaired) electrons. The predicted octanol–water partition coefficient (Wildman–Crippen LogP) is 1.49. The molecule has 0 unspecified atom stereocenters. The highest BCUT2D eigenvalue weighted by molar-refractivity contribution is 5.57. The summed E-state index contributed by atoms with van der Waals surface area (Å²) in [5, 5.41) is 3.83. The van der Waals surface area contributed by atoms with Crippen molar-refractivity contribution < 1.29 is 4.52 Å². The zero-order valence-electron chi connectivity index (χ0n) is 12.7. The first kappa shape index (κ1) is 15.0. The van der Waals surface area contributed by atoms with Crippen molar-refractivity contribution in [3.63, 3.8) is 0 Å². The van der Waals surface area contributed by atoms with Gasteiger partial charge in [0.15, 0.2) is 0 Å². The lowest BCUT2D eigenvalue weighted by atomic mass is 10.1. The molecule has 0 aromatic carbocycles. The molecule has 7 nitrogen and oxygen atoms in total. The van der Waals surface area contributed by atoms with E-state index in [1.165, 1.54) is 4.57 Å². The van der Waals surface area contributed by atoms with E-state index in [0.717, 1.165) is 5.57 Å². The molecule has 0 aliphatic heterocycles. The van der Waals surface area contributed by atoms with Crippen LogP contribution in [0, 0.1) is 12.8 Å². The summed E-state index contributed by atoms with van der Waals surface area (Å²) in [6.07, 6.45) is 1.78. The van der Waals surface area contributed by atoms with E-state index < -0.39 is 11.2 Å². The van der Waals surface area contributed by atoms with Gasteiger partial charge in [-0.2, -0.15) is 4.98 Å². The third kappa shape index (κ3) is 2.86. The number of nitrogens with one attached hydrogen (secondary N) is 1. The molecule has 0 saturated carbocycles. The summed E-state index contributed by atoms with van der Waals surface area (Å²) in [4.78, 5) is 29.9. The molecule has 2 aromatic heterocycles. The Bertz CT molecular complexity index is 808. The van der Waals surface area contributed by atoms with E-state index in [9.17, 15) is 9.59 Å². The summed E-state index contributed by atoms with van der Waals surface area (Å²) in [5.74, 6) is 0.874. The largest absolute Gasteiger partial charge is 0.334 e. The van der Waals surface area contributed by atoms with Gasteiger partial charge in [-0.1, -0.05) is 24.6 Å². The van der Waals surface area contributed by atoms with Gasteiger partial charge in [-0.3, -0.25) is 9.78 Å². The topological polar surface area (TPSA) is 93.8 Å². The molecule has 0 aliphatic rings. The Hall–Kier alpha value is -2.44. The maximum Gasteiger partial charge on any atom is 0.328 e. The molecular formula is C14H18N4O3. The summed E-state index contributed by atoms with van der Waals surface area (Å²) in [6, 6.07) is 0. The van der Waals surface area contributed by atoms with Crippen LogP contribution in [0.25, 0.3) is 17.5 Å². The van der Waals surface area contributed by atoms with Gasteiger partial charge in [-0.25, -0.2) is 4.79 Å². The van der Waals surface area contributed by atoms with Crippen LogP contribution in [0.2, 0.25) is 0 Å². The fourth-order valence-corrected chi connectivity index (χ4v) is 1.75. The second kappa shape index (κ2) is 5.51. The van der Waals surface area contributed by atoms with Crippen LogP contribution >= 0.6 is 0 Å². The number of aromatic nitrogens is 4. The molecule has 0 spiro atoms. The fourth-order valence-electron chi connectivity index (χ4n) is 1.75. The highest BCUT2D eigenvalue weighted by Gasteiger charge is 2.17. The van der Waals surface area contributed by atoms with Crippen molar-refractivity contribution in [1.82, 2.24) is 19.7 Å². The molecule has 7 heteroatoms. The van der Waals surface area contributed by atoms with Gasteiger partial charge < -0.3 is 9.09 Å². The zero-order chi connectivity index (χ0) is 15.7. The van der Waals surface area contributed by atoms with E-state index in [1.807, 2.05) is 6.92 Å². The van der Waals surface area contributed by atoms with Gasteiger partial charge in [-0.15, -0.1) is 0 Å². The Labute approximate surface area is 121 Å². The van der Waals surface area contributed by atoms with Crippen LogP contribution in [0.1, 0.15) is 32.4 Å². The molecule has 0 saturated heterocycles. The SMILES string of the molecule is CC(=Cc1nc(-c2c(C)n(C)c(=O)[nH]c2=O)no1)C(C)C. The molecule has 2 rings (SSSR count). The van der Waals surface area contributed by atoms with Crippen molar-refractivity contribution in [2.24, 2.45) is 13.0 Å². The van der Waals surface area contributed by atoms with Crippen LogP contribution in [-0.2, 0) is 7.05 Å². The Balaban J connectivity index is 2.54. The van der Waals surface area contributed by atoms with Gasteiger partial charge in [-0.05, 0) is 19.8 Å². The summed E-state index contributed by atoms with van der Waals surface area (Å²) in [7, 11) is 1.57. The number of nitrogens with zero attached hydrogens (tertiary/aromatic N) is 3. The lowest BCUT2D eigenvalue weighted by Gasteiger charge is -2.04. The van der Waals surface area contributed by atoms with E-state index in [0.29, 0.717) is 17.5 Å². The fraction of sp³-hybridized carbons (Fsp3) is 0.429. The third-order valence-corrected chi connectivity index (χ3v) is 3.54. The third-order valence-electron chi connectivity index (χ3n) is 3.54. The van der Waals surface area contributed by atoms with Gasteiger partial charge >= 0.3 is 5.69 Å². The van der Waals surface area contributed by atoms with E-state index in [2.05, 4.69) is 29.0 Å². The van der Waals surface area contributed by atoms with Crippen molar-refractivity contribution in [2.75, 3.05) is 0 Å². The number of allylic oxidation sites excluding steroid dienone is 1. The minimum absolute atomic E-state index is 0.173. The smallest absolute Gasteiger partial charge is 0.328 e. The lowest BCUT2D eigenvalue weighted by molar-refractivity contribution is 0.410. The Morgan fingerprint density at radius 2 is 2.05 bits per heavy atom. The minimum atomic E-state index is -0.521. The monoisotopic (exact) mass is 290 g/mol. The Kier molecular flexibility index (Phi) is 3.93. The van der Waals surface area contributed by atoms with Crippen LogP contribution in [0.15, 0.2) is 19.7 Å². The Morgan fingerprint density at radius 3 is 2.67 bits per heavy atom. The second-order valence-corrected chi connectivity index (χ2v) is 5.28. The molecule has 0 aliphatic carbocycles. The van der Waals surface area contributed by atoms with Gasteiger partial charge in [0, 0.05) is 18.8 Å². The molecule has 0 atom stereocenters. The first-order valence-electron chi connectivity index (χ1n) is 6.63. The van der Waals surface area contributed by atoms with Crippen LogP contribution in [0.4, 0.5) is 0 Å². The minimum Gasteiger partial charge on any atom is -0.334 e. The first-order chi connectivity index (χ1) is 9.81. The summed E-state index contributed by atoms with van der Waals surface area (Å²) >= 11 is 0. The first-order valence-corrected chi connectivity index (χ1v) is 6.63. The second-order valence-electron chi connectivity index (χ2n) is 5.28. The van der Waals surface area contributed by atoms with E-state index in [1.54, 1.807) is 20.0 Å². The van der Waals surface area contributed by atoms with Gasteiger partial charge in [0.2, 0.25) is 5.82 Å². The molecular weight excluding hydrogens is 272 g/mol. The quantitative estimate of drug-likeness (QED) is 0.924. The highest BCUT2D eigenvalue weighted by atomic mass is 16.5. The highest BCUT2D eigenvalue weighted by Crippen LogP contribution is 2.17. The molecule has 1 N–H and O–H groups in total. The molecule has 2 aromatic rings. The number of hydrogen-bond donors (Lipinski definition) is 1. The van der Waals surface area contributed by atoms with Gasteiger partial charge in [0.1, 0.15) is 5.56 Å². The molecule has 112 valence electrons. The number of hydrogen-bond acceptors (Lipinski definition) is 5. The summed E-state index contributed by atoms with van der Waals surface area (Å²) in [5.41, 5.74) is 0.827. The van der Waals surface area contributed by atoms with E-state index in [4.69, 9.17) is 4.52 Å². The van der Waals surface area contributed by atoms with Crippen LogP contribution in [0.3, 0.4) is 0 Å². The van der Waals surface area contributed by atoms with Crippen molar-refractivity contribution in [1.29, 1.82) is 0 Å². The average Bonchev–Trinajstić information content (AvgIpc) is 2.84. The zero-order valence-corrected chi connectivity index (χ0v) is 12.7. The molecule has 21 heavy (non-hydrogen) atoms. The lowest BCUT2D eigenvalue weighted by Crippen LogP contribution is -2.31. The number of H-pyrrole nitrogens is 1. The van der Waals surface area contributed by atoms with Crippen molar-refractivity contribution in [3.05, 3.63) is 38.0 Å². The standard InChI is InChI=1S/C14H18N4O3/c1-7(2)8(3)6-10-15-12(17-21-10)11-9(4)18(5)14(20)16-13(11)19/h6-7H,1-5H3,(H,16,19,20). The van der Waals surface area contributed by atoms with Gasteiger partial charge in [0.25, 0.3) is 11.4 Å². The van der Waals surface area contributed by atoms with Crippen LogP contribution < -0.4 is 11.2 Å². The molecule has 0 fully saturated rings. The van der Waals surface area contributed by atoms with E-state index >= 15 is 0 Å². The van der Waals surface area contributed by atoms with Crippen LogP contribution in [-0.4, -0.2) is 19.7 Å². The van der Waals surface area contributed by atoms with Crippen LogP contribution in [0.5, 0.6) is 0 Å². The van der Waals surface area contributed by atoms with Crippen molar-refractivity contribution >= 4 is 6.08 Å². The van der Waals surface area contributed by atoms with Crippen molar-refractivity contribution in [2.45, 2.75) is 27.7 Å². The predicted molar refractivity (Wildman–Crippen MR) is 78.8 cm³/mol. The number of aromatic amines is 1. The normalized spacial score (nSPS) is 12.2. The maximum absolute atomic E-state index is 11.9. The van der Waals surface area contributed by atoms with Gasteiger partial charge in [0.05, 0.1) is 0 Å². The molecule has 0 amide bonds. The number of rotatable bonds is 3. The maximum atomic E-state index is 11.9. The summed E-state index contributed by atoms with van der Waals surface area (Å²) in [6.45, 7) is 7.76. The Morgan fingerprint density at radius 1 is 1.38 bits per heavy atom. The van der Waals surface area contributed by atoms with E-state index in [-0.39, 0.29) is 11.4 Å². The summed E-state index contributed by atoms with van der Waals surface area (Å²) < 4.78 is 6.48. The molecule has 0 bridgehead atoms. The van der Waals surface area contributed by atoms with Crippen molar-refractivity contribution in [3.8, 4) is 11.4 Å². The molecule has 2 heterocycles.